The molecule has 112 valence electrons. The number of nitrogens with zero attached hydrogens (tertiary/aromatic N) is 1. The van der Waals surface area contributed by atoms with Gasteiger partial charge in [0.15, 0.2) is 11.6 Å². The van der Waals surface area contributed by atoms with E-state index in [1.165, 1.54) is 11.3 Å². The Morgan fingerprint density at radius 1 is 1.23 bits per heavy atom. The second-order valence-electron chi connectivity index (χ2n) is 4.46. The van der Waals surface area contributed by atoms with E-state index in [2.05, 4.69) is 4.98 Å². The number of hydrogen-bond acceptors (Lipinski definition) is 4. The van der Waals surface area contributed by atoms with Gasteiger partial charge in [-0.1, -0.05) is 12.1 Å². The SMILES string of the molecule is NC(=O)c1c(F)ccc(OCc2nc3ccccc3s2)c1F. The first kappa shape index (κ1) is 14.4. The molecule has 4 nitrogen and oxygen atoms in total. The number of halogens is 2. The Hall–Kier alpha value is -2.54. The molecule has 22 heavy (non-hydrogen) atoms. The van der Waals surface area contributed by atoms with Crippen LogP contribution in [0.3, 0.4) is 0 Å². The van der Waals surface area contributed by atoms with Crippen LogP contribution in [0.15, 0.2) is 36.4 Å². The average Bonchev–Trinajstić information content (AvgIpc) is 2.89. The van der Waals surface area contributed by atoms with Crippen LogP contribution in [0.2, 0.25) is 0 Å². The zero-order valence-corrected chi connectivity index (χ0v) is 12.0. The first-order chi connectivity index (χ1) is 10.6. The maximum Gasteiger partial charge on any atom is 0.254 e. The minimum Gasteiger partial charge on any atom is -0.483 e. The smallest absolute Gasteiger partial charge is 0.254 e. The van der Waals surface area contributed by atoms with E-state index >= 15 is 0 Å². The van der Waals surface area contributed by atoms with Crippen molar-refractivity contribution in [2.45, 2.75) is 6.61 Å². The molecular formula is C15H10F2N2O2S. The summed E-state index contributed by atoms with van der Waals surface area (Å²) in [5.74, 6) is -3.54. The minimum atomic E-state index is -1.18. The van der Waals surface area contributed by atoms with Crippen LogP contribution in [0.5, 0.6) is 5.75 Å². The Balaban J connectivity index is 1.84. The first-order valence-electron chi connectivity index (χ1n) is 6.31. The standard InChI is InChI=1S/C15H10F2N2O2S/c16-8-5-6-10(14(17)13(8)15(18)20)21-7-12-19-9-3-1-2-4-11(9)22-12/h1-6H,7H2,(H2,18,20). The highest BCUT2D eigenvalue weighted by atomic mass is 32.1. The molecule has 0 saturated heterocycles. The molecule has 0 saturated carbocycles. The summed E-state index contributed by atoms with van der Waals surface area (Å²) in [7, 11) is 0. The van der Waals surface area contributed by atoms with Crippen LogP contribution in [0.25, 0.3) is 10.2 Å². The van der Waals surface area contributed by atoms with Crippen LogP contribution in [-0.4, -0.2) is 10.9 Å². The van der Waals surface area contributed by atoms with Gasteiger partial charge in [0.1, 0.15) is 23.0 Å². The molecule has 1 aromatic heterocycles. The van der Waals surface area contributed by atoms with Gasteiger partial charge in [-0.3, -0.25) is 4.79 Å². The highest BCUT2D eigenvalue weighted by Crippen LogP contribution is 2.26. The van der Waals surface area contributed by atoms with Gasteiger partial charge < -0.3 is 10.5 Å². The fourth-order valence-electron chi connectivity index (χ4n) is 1.99. The fraction of sp³-hybridized carbons (Fsp3) is 0.0667. The van der Waals surface area contributed by atoms with Gasteiger partial charge in [0.25, 0.3) is 5.91 Å². The van der Waals surface area contributed by atoms with Gasteiger partial charge in [-0.05, 0) is 24.3 Å². The summed E-state index contributed by atoms with van der Waals surface area (Å²) >= 11 is 1.41. The van der Waals surface area contributed by atoms with Crippen LogP contribution < -0.4 is 10.5 Å². The molecule has 0 spiro atoms. The number of aromatic nitrogens is 1. The van der Waals surface area contributed by atoms with Gasteiger partial charge in [0.2, 0.25) is 0 Å². The Kier molecular flexibility index (Phi) is 3.72. The van der Waals surface area contributed by atoms with E-state index in [4.69, 9.17) is 10.5 Å². The molecule has 0 radical (unpaired) electrons. The summed E-state index contributed by atoms with van der Waals surface area (Å²) in [6.45, 7) is 0.0140. The highest BCUT2D eigenvalue weighted by Gasteiger charge is 2.19. The van der Waals surface area contributed by atoms with Gasteiger partial charge in [-0.25, -0.2) is 13.8 Å². The van der Waals surface area contributed by atoms with E-state index in [0.717, 1.165) is 22.3 Å². The number of primary amides is 1. The van der Waals surface area contributed by atoms with Crippen LogP contribution >= 0.6 is 11.3 Å². The second-order valence-corrected chi connectivity index (χ2v) is 5.58. The van der Waals surface area contributed by atoms with Gasteiger partial charge in [-0.15, -0.1) is 11.3 Å². The highest BCUT2D eigenvalue weighted by molar-refractivity contribution is 7.18. The lowest BCUT2D eigenvalue weighted by Crippen LogP contribution is -2.16. The van der Waals surface area contributed by atoms with Crippen LogP contribution in [0.1, 0.15) is 15.4 Å². The molecule has 3 aromatic rings. The Morgan fingerprint density at radius 2 is 2.00 bits per heavy atom. The van der Waals surface area contributed by atoms with Crippen LogP contribution in [-0.2, 0) is 6.61 Å². The van der Waals surface area contributed by atoms with Gasteiger partial charge >= 0.3 is 0 Å². The quantitative estimate of drug-likeness (QED) is 0.802. The van der Waals surface area contributed by atoms with Crippen LogP contribution in [0.4, 0.5) is 8.78 Å². The fourth-order valence-corrected chi connectivity index (χ4v) is 2.87. The number of ether oxygens (including phenoxy) is 1. The molecule has 0 atom stereocenters. The number of hydrogen-bond donors (Lipinski definition) is 1. The lowest BCUT2D eigenvalue weighted by molar-refractivity contribution is 0.0991. The van der Waals surface area contributed by atoms with Crippen molar-refractivity contribution in [1.29, 1.82) is 0 Å². The molecule has 7 heteroatoms. The number of thiazole rings is 1. The van der Waals surface area contributed by atoms with Crippen LogP contribution in [0, 0.1) is 11.6 Å². The van der Waals surface area contributed by atoms with Crippen molar-refractivity contribution in [3.8, 4) is 5.75 Å². The van der Waals surface area contributed by atoms with E-state index < -0.39 is 23.1 Å². The number of para-hydroxylation sites is 1. The summed E-state index contributed by atoms with van der Waals surface area (Å²) in [6.07, 6.45) is 0. The zero-order valence-electron chi connectivity index (χ0n) is 11.2. The molecule has 0 aliphatic rings. The van der Waals surface area contributed by atoms with Crippen molar-refractivity contribution >= 4 is 27.5 Å². The largest absolute Gasteiger partial charge is 0.483 e. The number of carbonyl (C=O) groups is 1. The third-order valence-corrected chi connectivity index (χ3v) is 4.00. The summed E-state index contributed by atoms with van der Waals surface area (Å²) in [4.78, 5) is 15.4. The van der Waals surface area contributed by atoms with Gasteiger partial charge in [0.05, 0.1) is 10.2 Å². The number of amides is 1. The third-order valence-electron chi connectivity index (χ3n) is 2.99. The Bertz CT molecular complexity index is 831. The summed E-state index contributed by atoms with van der Waals surface area (Å²) in [6, 6.07) is 9.59. The maximum atomic E-state index is 14.0. The topological polar surface area (TPSA) is 65.2 Å². The molecule has 0 bridgehead atoms. The van der Waals surface area contributed by atoms with Crippen molar-refractivity contribution in [2.75, 3.05) is 0 Å². The zero-order chi connectivity index (χ0) is 15.7. The number of nitrogens with two attached hydrogens (primary N) is 1. The maximum absolute atomic E-state index is 14.0. The predicted molar refractivity (Wildman–Crippen MR) is 78.8 cm³/mol. The molecule has 0 fully saturated rings. The van der Waals surface area contributed by atoms with Gasteiger partial charge in [-0.2, -0.15) is 0 Å². The first-order valence-corrected chi connectivity index (χ1v) is 7.13. The normalized spacial score (nSPS) is 10.8. The van der Waals surface area contributed by atoms with Crippen molar-refractivity contribution in [2.24, 2.45) is 5.73 Å². The number of carbonyl (C=O) groups excluding carboxylic acids is 1. The Labute approximate surface area is 128 Å². The van der Waals surface area contributed by atoms with E-state index in [-0.39, 0.29) is 12.4 Å². The molecule has 2 N–H and O–H groups in total. The van der Waals surface area contributed by atoms with E-state index in [1.807, 2.05) is 24.3 Å². The summed E-state index contributed by atoms with van der Waals surface area (Å²) < 4.78 is 33.7. The van der Waals surface area contributed by atoms with Gasteiger partial charge in [0, 0.05) is 0 Å². The molecule has 0 unspecified atom stereocenters. The predicted octanol–water partition coefficient (Wildman–Crippen LogP) is 3.25. The molecule has 0 aliphatic carbocycles. The molecule has 1 heterocycles. The lowest BCUT2D eigenvalue weighted by atomic mass is 10.2. The second kappa shape index (κ2) is 5.69. The van der Waals surface area contributed by atoms with E-state index in [1.54, 1.807) is 0 Å². The van der Waals surface area contributed by atoms with Crippen molar-refractivity contribution < 1.29 is 18.3 Å². The number of fused-ring (bicyclic) bond motifs is 1. The molecule has 3 rings (SSSR count). The summed E-state index contributed by atoms with van der Waals surface area (Å²) in [5, 5.41) is 0.644. The van der Waals surface area contributed by atoms with Crippen molar-refractivity contribution in [3.05, 3.63) is 58.6 Å². The minimum absolute atomic E-state index is 0.0140. The molecule has 0 aliphatic heterocycles. The monoisotopic (exact) mass is 320 g/mol. The average molecular weight is 320 g/mol. The van der Waals surface area contributed by atoms with E-state index in [9.17, 15) is 13.6 Å². The van der Waals surface area contributed by atoms with Crippen molar-refractivity contribution in [3.63, 3.8) is 0 Å². The molecular weight excluding hydrogens is 310 g/mol. The molecule has 1 amide bonds. The Morgan fingerprint density at radius 3 is 2.73 bits per heavy atom. The molecule has 2 aromatic carbocycles. The van der Waals surface area contributed by atoms with Crippen molar-refractivity contribution in [1.82, 2.24) is 4.98 Å². The summed E-state index contributed by atoms with van der Waals surface area (Å²) in [5.41, 5.74) is 4.98. The van der Waals surface area contributed by atoms with E-state index in [0.29, 0.717) is 5.01 Å². The number of benzene rings is 2. The lowest BCUT2D eigenvalue weighted by Gasteiger charge is -2.08. The third kappa shape index (κ3) is 2.62. The number of rotatable bonds is 4.